The first-order valence-corrected chi connectivity index (χ1v) is 6.55. The van der Waals surface area contributed by atoms with Gasteiger partial charge in [0.15, 0.2) is 5.78 Å². The van der Waals surface area contributed by atoms with Crippen LogP contribution in [-0.2, 0) is 0 Å². The maximum atomic E-state index is 12.6. The summed E-state index contributed by atoms with van der Waals surface area (Å²) in [6.07, 6.45) is 3.25. The van der Waals surface area contributed by atoms with Crippen molar-refractivity contribution in [2.45, 2.75) is 0 Å². The number of H-pyrrole nitrogens is 1. The van der Waals surface area contributed by atoms with E-state index >= 15 is 0 Å². The van der Waals surface area contributed by atoms with Crippen LogP contribution in [0.25, 0.3) is 11.0 Å². The summed E-state index contributed by atoms with van der Waals surface area (Å²) in [6.45, 7) is 0. The average molecular weight is 306 g/mol. The zero-order chi connectivity index (χ0) is 14.3. The van der Waals surface area contributed by atoms with Crippen molar-refractivity contribution in [1.82, 2.24) is 9.97 Å². The molecule has 20 heavy (non-hydrogen) atoms. The molecule has 0 saturated carbocycles. The van der Waals surface area contributed by atoms with Crippen LogP contribution in [0.2, 0.25) is 10.0 Å². The number of nitrogen functional groups attached to an aromatic ring is 1. The molecule has 4 nitrogen and oxygen atoms in total. The van der Waals surface area contributed by atoms with E-state index < -0.39 is 0 Å². The first-order chi connectivity index (χ1) is 9.58. The lowest BCUT2D eigenvalue weighted by molar-refractivity contribution is 0.104. The van der Waals surface area contributed by atoms with E-state index in [2.05, 4.69) is 9.97 Å². The summed E-state index contributed by atoms with van der Waals surface area (Å²) in [6, 6.07) is 6.61. The highest BCUT2D eigenvalue weighted by atomic mass is 35.5. The Labute approximate surface area is 124 Å². The number of pyridine rings is 1. The number of aromatic amines is 1. The van der Waals surface area contributed by atoms with Crippen LogP contribution in [0.3, 0.4) is 0 Å². The van der Waals surface area contributed by atoms with Gasteiger partial charge in [-0.2, -0.15) is 0 Å². The maximum Gasteiger partial charge on any atom is 0.196 e. The maximum absolute atomic E-state index is 12.6. The monoisotopic (exact) mass is 305 g/mol. The fraction of sp³-hybridized carbons (Fsp3) is 0. The third-order valence-electron chi connectivity index (χ3n) is 2.99. The molecule has 2 aromatic heterocycles. The molecule has 0 radical (unpaired) electrons. The van der Waals surface area contributed by atoms with Crippen molar-refractivity contribution in [2.24, 2.45) is 0 Å². The van der Waals surface area contributed by atoms with E-state index in [0.29, 0.717) is 16.9 Å². The van der Waals surface area contributed by atoms with Crippen molar-refractivity contribution >= 4 is 45.7 Å². The minimum atomic E-state index is -0.247. The van der Waals surface area contributed by atoms with Gasteiger partial charge in [-0.05, 0) is 24.3 Å². The summed E-state index contributed by atoms with van der Waals surface area (Å²) in [5.74, 6) is -0.247. The van der Waals surface area contributed by atoms with Gasteiger partial charge >= 0.3 is 0 Å². The Morgan fingerprint density at radius 1 is 1.25 bits per heavy atom. The van der Waals surface area contributed by atoms with Crippen LogP contribution in [0.5, 0.6) is 0 Å². The summed E-state index contributed by atoms with van der Waals surface area (Å²) < 4.78 is 0. The lowest BCUT2D eigenvalue weighted by Crippen LogP contribution is -2.03. The fourth-order valence-corrected chi connectivity index (χ4v) is 2.49. The molecule has 6 heteroatoms. The molecule has 0 aliphatic carbocycles. The number of aromatic nitrogens is 2. The lowest BCUT2D eigenvalue weighted by atomic mass is 10.0. The number of hydrogen-bond acceptors (Lipinski definition) is 3. The van der Waals surface area contributed by atoms with Crippen molar-refractivity contribution in [3.05, 3.63) is 57.8 Å². The van der Waals surface area contributed by atoms with E-state index in [1.165, 1.54) is 12.1 Å². The van der Waals surface area contributed by atoms with Crippen LogP contribution in [0, 0.1) is 0 Å². The second-order valence-corrected chi connectivity index (χ2v) is 5.08. The molecular weight excluding hydrogens is 297 g/mol. The predicted molar refractivity (Wildman–Crippen MR) is 80.4 cm³/mol. The van der Waals surface area contributed by atoms with Crippen LogP contribution < -0.4 is 5.73 Å². The number of hydrogen-bond donors (Lipinski definition) is 2. The van der Waals surface area contributed by atoms with Gasteiger partial charge in [-0.25, -0.2) is 4.98 Å². The number of nitrogens with two attached hydrogens (primary N) is 1. The van der Waals surface area contributed by atoms with Crippen LogP contribution in [0.4, 0.5) is 5.69 Å². The molecule has 0 spiro atoms. The van der Waals surface area contributed by atoms with E-state index in [9.17, 15) is 4.79 Å². The van der Waals surface area contributed by atoms with Gasteiger partial charge in [-0.3, -0.25) is 4.79 Å². The summed E-state index contributed by atoms with van der Waals surface area (Å²) in [4.78, 5) is 19.7. The minimum absolute atomic E-state index is 0.198. The summed E-state index contributed by atoms with van der Waals surface area (Å²) in [5, 5.41) is 1.18. The van der Waals surface area contributed by atoms with Crippen LogP contribution in [0.15, 0.2) is 36.7 Å². The largest absolute Gasteiger partial charge is 0.399 e. The van der Waals surface area contributed by atoms with E-state index in [1.807, 2.05) is 6.07 Å². The number of carbonyl (C=O) groups is 1. The second kappa shape index (κ2) is 4.81. The van der Waals surface area contributed by atoms with Gasteiger partial charge in [0, 0.05) is 34.6 Å². The standard InChI is InChI=1S/C14H9Cl2N3O/c15-11-5-7(17)4-9(12(11)16)13(20)10-6-19-14-8(10)2-1-3-18-14/h1-6H,17H2,(H,18,19). The molecule has 0 bridgehead atoms. The highest BCUT2D eigenvalue weighted by Crippen LogP contribution is 2.31. The Morgan fingerprint density at radius 3 is 2.85 bits per heavy atom. The Kier molecular flexibility index (Phi) is 3.12. The van der Waals surface area contributed by atoms with Gasteiger partial charge in [0.2, 0.25) is 0 Å². The minimum Gasteiger partial charge on any atom is -0.399 e. The molecule has 0 unspecified atom stereocenters. The van der Waals surface area contributed by atoms with Crippen LogP contribution >= 0.6 is 23.2 Å². The number of nitrogens with zero attached hydrogens (tertiary/aromatic N) is 1. The predicted octanol–water partition coefficient (Wildman–Crippen LogP) is 3.68. The first kappa shape index (κ1) is 13.0. The summed E-state index contributed by atoms with van der Waals surface area (Å²) in [7, 11) is 0. The summed E-state index contributed by atoms with van der Waals surface area (Å²) >= 11 is 12.1. The van der Waals surface area contributed by atoms with Crippen molar-refractivity contribution in [3.8, 4) is 0 Å². The van der Waals surface area contributed by atoms with E-state index in [4.69, 9.17) is 28.9 Å². The van der Waals surface area contributed by atoms with E-state index in [0.717, 1.165) is 5.39 Å². The van der Waals surface area contributed by atoms with Gasteiger partial charge in [-0.15, -0.1) is 0 Å². The molecule has 0 aliphatic heterocycles. The first-order valence-electron chi connectivity index (χ1n) is 5.79. The Balaban J connectivity index is 2.18. The highest BCUT2D eigenvalue weighted by Gasteiger charge is 2.19. The lowest BCUT2D eigenvalue weighted by Gasteiger charge is -2.06. The van der Waals surface area contributed by atoms with Gasteiger partial charge in [0.25, 0.3) is 0 Å². The van der Waals surface area contributed by atoms with Crippen molar-refractivity contribution in [3.63, 3.8) is 0 Å². The van der Waals surface area contributed by atoms with E-state index in [-0.39, 0.29) is 21.4 Å². The number of ketones is 1. The molecule has 0 amide bonds. The Hall–Kier alpha value is -2.04. The van der Waals surface area contributed by atoms with Gasteiger partial charge in [-0.1, -0.05) is 23.2 Å². The molecule has 0 atom stereocenters. The smallest absolute Gasteiger partial charge is 0.196 e. The van der Waals surface area contributed by atoms with Crippen molar-refractivity contribution < 1.29 is 4.79 Å². The molecule has 3 rings (SSSR count). The zero-order valence-electron chi connectivity index (χ0n) is 10.2. The molecule has 2 heterocycles. The third kappa shape index (κ3) is 2.03. The fourth-order valence-electron chi connectivity index (χ4n) is 2.06. The number of nitrogens with one attached hydrogen (secondary N) is 1. The molecule has 0 aliphatic rings. The molecule has 0 saturated heterocycles. The number of carbonyl (C=O) groups excluding carboxylic acids is 1. The van der Waals surface area contributed by atoms with Gasteiger partial charge in [0.05, 0.1) is 10.0 Å². The van der Waals surface area contributed by atoms with Crippen molar-refractivity contribution in [2.75, 3.05) is 5.73 Å². The van der Waals surface area contributed by atoms with Crippen molar-refractivity contribution in [1.29, 1.82) is 0 Å². The number of benzene rings is 1. The zero-order valence-corrected chi connectivity index (χ0v) is 11.7. The molecule has 1 aromatic carbocycles. The van der Waals surface area contributed by atoms with Crippen LogP contribution in [0.1, 0.15) is 15.9 Å². The topological polar surface area (TPSA) is 71.8 Å². The third-order valence-corrected chi connectivity index (χ3v) is 3.79. The Morgan fingerprint density at radius 2 is 2.05 bits per heavy atom. The SMILES string of the molecule is Nc1cc(Cl)c(Cl)c(C(=O)c2c[nH]c3ncccc23)c1. The molecule has 100 valence electrons. The van der Waals surface area contributed by atoms with E-state index in [1.54, 1.807) is 18.5 Å². The second-order valence-electron chi connectivity index (χ2n) is 4.30. The summed E-state index contributed by atoms with van der Waals surface area (Å²) in [5.41, 5.74) is 7.51. The molecule has 3 N–H and O–H groups in total. The number of halogens is 2. The van der Waals surface area contributed by atoms with Gasteiger partial charge < -0.3 is 10.7 Å². The number of rotatable bonds is 2. The van der Waals surface area contributed by atoms with Gasteiger partial charge in [0.1, 0.15) is 5.65 Å². The molecule has 3 aromatic rings. The Bertz CT molecular complexity index is 826. The number of fused-ring (bicyclic) bond motifs is 1. The highest BCUT2D eigenvalue weighted by molar-refractivity contribution is 6.44. The van der Waals surface area contributed by atoms with Crippen LogP contribution in [-0.4, -0.2) is 15.8 Å². The number of anilines is 1. The molecular formula is C14H9Cl2N3O. The average Bonchev–Trinajstić information content (AvgIpc) is 2.86. The normalized spacial score (nSPS) is 10.9. The molecule has 0 fully saturated rings. The quantitative estimate of drug-likeness (QED) is 0.560.